The van der Waals surface area contributed by atoms with Crippen LogP contribution < -0.4 is 10.1 Å². The first-order valence-corrected chi connectivity index (χ1v) is 8.38. The minimum atomic E-state index is -0.0542. The monoisotopic (exact) mass is 291 g/mol. The number of aliphatic hydroxyl groups excluding tert-OH is 1. The number of ether oxygens (including phenoxy) is 1. The van der Waals surface area contributed by atoms with Crippen molar-refractivity contribution in [2.24, 2.45) is 5.92 Å². The van der Waals surface area contributed by atoms with Crippen LogP contribution in [0.25, 0.3) is 0 Å². The fourth-order valence-electron chi connectivity index (χ4n) is 2.81. The Morgan fingerprint density at radius 1 is 1.14 bits per heavy atom. The van der Waals surface area contributed by atoms with Gasteiger partial charge in [-0.05, 0) is 62.3 Å². The van der Waals surface area contributed by atoms with Gasteiger partial charge in [0.15, 0.2) is 0 Å². The lowest BCUT2D eigenvalue weighted by Gasteiger charge is -2.25. The van der Waals surface area contributed by atoms with Crippen LogP contribution in [0.3, 0.4) is 0 Å². The predicted molar refractivity (Wildman–Crippen MR) is 86.5 cm³/mol. The summed E-state index contributed by atoms with van der Waals surface area (Å²) >= 11 is 0. The summed E-state index contributed by atoms with van der Waals surface area (Å²) in [5, 5.41) is 13.0. The summed E-state index contributed by atoms with van der Waals surface area (Å²) in [6.45, 7) is 4.95. The summed E-state index contributed by atoms with van der Waals surface area (Å²) in [7, 11) is 0. The van der Waals surface area contributed by atoms with Crippen LogP contribution in [0.2, 0.25) is 0 Å². The fourth-order valence-corrected chi connectivity index (χ4v) is 2.81. The van der Waals surface area contributed by atoms with Crippen LogP contribution in [0.5, 0.6) is 5.75 Å². The summed E-state index contributed by atoms with van der Waals surface area (Å²) in [4.78, 5) is 0. The van der Waals surface area contributed by atoms with Gasteiger partial charge in [-0.15, -0.1) is 0 Å². The van der Waals surface area contributed by atoms with E-state index in [2.05, 4.69) is 36.5 Å². The van der Waals surface area contributed by atoms with Crippen LogP contribution in [-0.4, -0.2) is 24.4 Å². The lowest BCUT2D eigenvalue weighted by atomic mass is 9.87. The van der Waals surface area contributed by atoms with Crippen LogP contribution >= 0.6 is 0 Å². The molecule has 2 rings (SSSR count). The Morgan fingerprint density at radius 2 is 1.86 bits per heavy atom. The summed E-state index contributed by atoms with van der Waals surface area (Å²) < 4.78 is 5.67. The molecule has 3 nitrogen and oxygen atoms in total. The van der Waals surface area contributed by atoms with Crippen molar-refractivity contribution < 1.29 is 9.84 Å². The molecule has 1 aliphatic carbocycles. The molecule has 1 aromatic rings. The lowest BCUT2D eigenvalue weighted by molar-refractivity contribution is 0.108. The maximum atomic E-state index is 9.50. The van der Waals surface area contributed by atoms with Gasteiger partial charge in [0.2, 0.25) is 0 Å². The first-order chi connectivity index (χ1) is 10.3. The molecule has 0 radical (unpaired) electrons. The molecule has 118 valence electrons. The maximum absolute atomic E-state index is 9.50. The molecule has 3 heteroatoms. The zero-order chi connectivity index (χ0) is 14.9. The molecule has 21 heavy (non-hydrogen) atoms. The topological polar surface area (TPSA) is 41.5 Å². The molecule has 0 aromatic heterocycles. The summed E-state index contributed by atoms with van der Waals surface area (Å²) in [6, 6.07) is 8.39. The summed E-state index contributed by atoms with van der Waals surface area (Å²) in [6.07, 6.45) is 6.46. The highest BCUT2D eigenvalue weighted by Crippen LogP contribution is 2.23. The summed E-state index contributed by atoms with van der Waals surface area (Å²) in [5.41, 5.74) is 1.30. The van der Waals surface area contributed by atoms with E-state index in [0.29, 0.717) is 0 Å². The Labute approximate surface area is 128 Å². The van der Waals surface area contributed by atoms with Crippen molar-refractivity contribution in [2.75, 3.05) is 13.2 Å². The molecule has 0 aliphatic heterocycles. The maximum Gasteiger partial charge on any atom is 0.119 e. The molecule has 0 bridgehead atoms. The van der Waals surface area contributed by atoms with Gasteiger partial charge >= 0.3 is 0 Å². The van der Waals surface area contributed by atoms with Crippen molar-refractivity contribution in [2.45, 2.75) is 58.1 Å². The highest BCUT2D eigenvalue weighted by atomic mass is 16.5. The Morgan fingerprint density at radius 3 is 2.52 bits per heavy atom. The average Bonchev–Trinajstić information content (AvgIpc) is 2.51. The summed E-state index contributed by atoms with van der Waals surface area (Å²) in [5.74, 6) is 1.69. The SMILES string of the molecule is CCCCOc1ccc(CNCC2CCC(O)CC2)cc1. The standard InChI is InChI=1S/C18H29NO2/c1-2-3-12-21-18-10-6-16(7-11-18)14-19-13-15-4-8-17(20)9-5-15/h6-7,10-11,15,17,19-20H,2-5,8-9,12-14H2,1H3. The molecule has 0 heterocycles. The van der Waals surface area contributed by atoms with E-state index in [1.54, 1.807) is 0 Å². The molecule has 0 saturated heterocycles. The van der Waals surface area contributed by atoms with Crippen molar-refractivity contribution in [3.05, 3.63) is 29.8 Å². The highest BCUT2D eigenvalue weighted by molar-refractivity contribution is 5.27. The number of hydrogen-bond acceptors (Lipinski definition) is 3. The molecule has 0 atom stereocenters. The largest absolute Gasteiger partial charge is 0.494 e. The third-order valence-corrected chi connectivity index (χ3v) is 4.27. The van der Waals surface area contributed by atoms with Crippen LogP contribution in [0.15, 0.2) is 24.3 Å². The Kier molecular flexibility index (Phi) is 7.04. The van der Waals surface area contributed by atoms with Crippen molar-refractivity contribution in [1.82, 2.24) is 5.32 Å². The number of aliphatic hydroxyl groups is 1. The number of benzene rings is 1. The van der Waals surface area contributed by atoms with Crippen LogP contribution in [0, 0.1) is 5.92 Å². The van der Waals surface area contributed by atoms with E-state index >= 15 is 0 Å². The van der Waals surface area contributed by atoms with E-state index in [1.165, 1.54) is 12.0 Å². The van der Waals surface area contributed by atoms with Crippen molar-refractivity contribution in [1.29, 1.82) is 0 Å². The Hall–Kier alpha value is -1.06. The second-order valence-corrected chi connectivity index (χ2v) is 6.15. The highest BCUT2D eigenvalue weighted by Gasteiger charge is 2.18. The first kappa shape index (κ1) is 16.3. The molecule has 0 spiro atoms. The molecule has 0 amide bonds. The Balaban J connectivity index is 1.64. The zero-order valence-corrected chi connectivity index (χ0v) is 13.2. The van der Waals surface area contributed by atoms with E-state index in [9.17, 15) is 5.11 Å². The van der Waals surface area contributed by atoms with Gasteiger partial charge in [0.05, 0.1) is 12.7 Å². The average molecular weight is 291 g/mol. The second-order valence-electron chi connectivity index (χ2n) is 6.15. The molecular weight excluding hydrogens is 262 g/mol. The number of nitrogens with one attached hydrogen (secondary N) is 1. The van der Waals surface area contributed by atoms with Gasteiger partial charge < -0.3 is 15.2 Å². The molecule has 1 saturated carbocycles. The third-order valence-electron chi connectivity index (χ3n) is 4.27. The van der Waals surface area contributed by atoms with Gasteiger partial charge in [-0.25, -0.2) is 0 Å². The minimum absolute atomic E-state index is 0.0542. The van der Waals surface area contributed by atoms with E-state index in [-0.39, 0.29) is 6.10 Å². The van der Waals surface area contributed by atoms with Gasteiger partial charge in [0, 0.05) is 6.54 Å². The molecule has 1 aromatic carbocycles. The predicted octanol–water partition coefficient (Wildman–Crippen LogP) is 3.51. The molecule has 0 unspecified atom stereocenters. The van der Waals surface area contributed by atoms with E-state index < -0.39 is 0 Å². The molecular formula is C18H29NO2. The molecule has 2 N–H and O–H groups in total. The number of rotatable bonds is 8. The molecule has 1 aliphatic rings. The van der Waals surface area contributed by atoms with Gasteiger partial charge in [-0.3, -0.25) is 0 Å². The van der Waals surface area contributed by atoms with E-state index in [0.717, 1.165) is 63.5 Å². The van der Waals surface area contributed by atoms with Gasteiger partial charge in [-0.1, -0.05) is 25.5 Å². The van der Waals surface area contributed by atoms with Crippen LogP contribution in [0.1, 0.15) is 51.0 Å². The lowest BCUT2D eigenvalue weighted by Crippen LogP contribution is -2.27. The normalized spacial score (nSPS) is 22.2. The van der Waals surface area contributed by atoms with Crippen molar-refractivity contribution >= 4 is 0 Å². The van der Waals surface area contributed by atoms with Gasteiger partial charge in [0.1, 0.15) is 5.75 Å². The second kappa shape index (κ2) is 9.06. The third kappa shape index (κ3) is 6.06. The smallest absolute Gasteiger partial charge is 0.119 e. The fraction of sp³-hybridized carbons (Fsp3) is 0.667. The minimum Gasteiger partial charge on any atom is -0.494 e. The van der Waals surface area contributed by atoms with Crippen molar-refractivity contribution in [3.8, 4) is 5.75 Å². The first-order valence-electron chi connectivity index (χ1n) is 8.38. The zero-order valence-electron chi connectivity index (χ0n) is 13.2. The van der Waals surface area contributed by atoms with E-state index in [4.69, 9.17) is 4.74 Å². The number of hydrogen-bond donors (Lipinski definition) is 2. The van der Waals surface area contributed by atoms with Crippen LogP contribution in [-0.2, 0) is 6.54 Å². The quantitative estimate of drug-likeness (QED) is 0.720. The molecule has 1 fully saturated rings. The van der Waals surface area contributed by atoms with Crippen LogP contribution in [0.4, 0.5) is 0 Å². The Bertz CT molecular complexity index is 383. The number of unbranched alkanes of at least 4 members (excludes halogenated alkanes) is 1. The van der Waals surface area contributed by atoms with Gasteiger partial charge in [0.25, 0.3) is 0 Å². The van der Waals surface area contributed by atoms with Crippen molar-refractivity contribution in [3.63, 3.8) is 0 Å². The van der Waals surface area contributed by atoms with E-state index in [1.807, 2.05) is 0 Å². The van der Waals surface area contributed by atoms with Gasteiger partial charge in [-0.2, -0.15) is 0 Å².